The minimum Gasteiger partial charge on any atom is -0.497 e. The van der Waals surface area contributed by atoms with Crippen molar-refractivity contribution in [2.45, 2.75) is 0 Å². The van der Waals surface area contributed by atoms with Crippen LogP contribution in [-0.4, -0.2) is 22.7 Å². The summed E-state index contributed by atoms with van der Waals surface area (Å²) < 4.78 is 12.9. The molecule has 0 amide bonds. The Hall–Kier alpha value is -3.83. The summed E-state index contributed by atoms with van der Waals surface area (Å²) in [5, 5.41) is 5.27. The molecule has 6 heteroatoms. The van der Waals surface area contributed by atoms with E-state index in [9.17, 15) is 4.79 Å². The highest BCUT2D eigenvalue weighted by atomic mass is 35.5. The van der Waals surface area contributed by atoms with Gasteiger partial charge in [0, 0.05) is 22.3 Å². The molecule has 0 unspecified atom stereocenters. The Bertz CT molecular complexity index is 1310. The number of para-hydroxylation sites is 1. The largest absolute Gasteiger partial charge is 0.497 e. The lowest BCUT2D eigenvalue weighted by molar-refractivity contribution is 0.101. The summed E-state index contributed by atoms with van der Waals surface area (Å²) >= 11 is 6.05. The lowest BCUT2D eigenvalue weighted by Gasteiger charge is -2.03. The Labute approximate surface area is 184 Å². The zero-order valence-electron chi connectivity index (χ0n) is 16.6. The topological polar surface area (TPSA) is 53.4 Å². The van der Waals surface area contributed by atoms with Gasteiger partial charge in [-0.2, -0.15) is 5.10 Å². The second-order valence-corrected chi connectivity index (χ2v) is 7.46. The number of rotatable bonds is 4. The van der Waals surface area contributed by atoms with Crippen molar-refractivity contribution in [3.05, 3.63) is 101 Å². The van der Waals surface area contributed by atoms with Crippen LogP contribution in [0.3, 0.4) is 0 Å². The van der Waals surface area contributed by atoms with E-state index in [0.29, 0.717) is 16.3 Å². The summed E-state index contributed by atoms with van der Waals surface area (Å²) in [4.78, 5) is 12.9. The van der Waals surface area contributed by atoms with Crippen LogP contribution in [0.25, 0.3) is 23.0 Å². The quantitative estimate of drug-likeness (QED) is 0.384. The number of methoxy groups -OCH3 is 1. The van der Waals surface area contributed by atoms with Crippen LogP contribution in [-0.2, 0) is 0 Å². The molecule has 1 aliphatic heterocycles. The van der Waals surface area contributed by atoms with E-state index in [1.807, 2.05) is 60.8 Å². The summed E-state index contributed by atoms with van der Waals surface area (Å²) in [5.74, 6) is 1.29. The average molecular weight is 429 g/mol. The Morgan fingerprint density at radius 3 is 2.55 bits per heavy atom. The van der Waals surface area contributed by atoms with Crippen LogP contribution in [0.5, 0.6) is 11.5 Å². The molecule has 1 aliphatic rings. The van der Waals surface area contributed by atoms with E-state index in [-0.39, 0.29) is 11.5 Å². The molecule has 0 bridgehead atoms. The number of aromatic nitrogens is 2. The first-order valence-electron chi connectivity index (χ1n) is 9.66. The van der Waals surface area contributed by atoms with Gasteiger partial charge in [-0.1, -0.05) is 29.8 Å². The summed E-state index contributed by atoms with van der Waals surface area (Å²) in [6.07, 6.45) is 3.61. The molecule has 2 heterocycles. The van der Waals surface area contributed by atoms with Crippen LogP contribution in [0.15, 0.2) is 84.8 Å². The second kappa shape index (κ2) is 7.78. The predicted molar refractivity (Wildman–Crippen MR) is 120 cm³/mol. The van der Waals surface area contributed by atoms with E-state index in [4.69, 9.17) is 26.2 Å². The lowest BCUT2D eigenvalue weighted by Crippen LogP contribution is -1.98. The van der Waals surface area contributed by atoms with Crippen LogP contribution in [0.1, 0.15) is 15.9 Å². The van der Waals surface area contributed by atoms with E-state index in [1.54, 1.807) is 36.1 Å². The number of allylic oxidation sites excluding steroid dienone is 1. The third kappa shape index (κ3) is 3.60. The van der Waals surface area contributed by atoms with Crippen molar-refractivity contribution in [2.75, 3.05) is 7.11 Å². The van der Waals surface area contributed by atoms with E-state index < -0.39 is 0 Å². The van der Waals surface area contributed by atoms with Crippen LogP contribution in [0.4, 0.5) is 0 Å². The van der Waals surface area contributed by atoms with Crippen LogP contribution in [0.2, 0.25) is 5.02 Å². The van der Waals surface area contributed by atoms with Crippen LogP contribution < -0.4 is 9.47 Å². The average Bonchev–Trinajstić information content (AvgIpc) is 3.36. The standard InChI is InChI=1S/C25H17ClN2O3/c1-30-20-10-7-16(8-11-20)24-17(15-28(27-24)19-5-3-2-4-6-19)13-23-25(29)21-14-18(26)9-12-22(21)31-23/h2-15H,1H3/b23-13-. The number of hydrogen-bond acceptors (Lipinski definition) is 4. The maximum absolute atomic E-state index is 12.9. The number of carbonyl (C=O) groups is 1. The van der Waals surface area contributed by atoms with Crippen molar-refractivity contribution < 1.29 is 14.3 Å². The highest BCUT2D eigenvalue weighted by Crippen LogP contribution is 2.35. The molecule has 4 aromatic rings. The first kappa shape index (κ1) is 19.2. The molecule has 0 N–H and O–H groups in total. The summed E-state index contributed by atoms with van der Waals surface area (Å²) in [5.41, 5.74) is 3.75. The van der Waals surface area contributed by atoms with Crippen molar-refractivity contribution in [3.8, 4) is 28.4 Å². The molecular weight excluding hydrogens is 412 g/mol. The van der Waals surface area contributed by atoms with Crippen LogP contribution in [0, 0.1) is 0 Å². The van der Waals surface area contributed by atoms with Crippen molar-refractivity contribution >= 4 is 23.5 Å². The number of ether oxygens (including phenoxy) is 2. The normalized spacial score (nSPS) is 13.9. The predicted octanol–water partition coefficient (Wildman–Crippen LogP) is 5.82. The van der Waals surface area contributed by atoms with Gasteiger partial charge in [0.1, 0.15) is 17.2 Å². The molecule has 0 spiro atoms. The van der Waals surface area contributed by atoms with E-state index >= 15 is 0 Å². The fraction of sp³-hybridized carbons (Fsp3) is 0.0400. The van der Waals surface area contributed by atoms with Gasteiger partial charge in [0.2, 0.25) is 5.78 Å². The number of hydrogen-bond donors (Lipinski definition) is 0. The molecule has 0 aliphatic carbocycles. The number of Topliss-reactive ketones (excluding diaryl/α,β-unsaturated/α-hetero) is 1. The molecule has 152 valence electrons. The van der Waals surface area contributed by atoms with Gasteiger partial charge < -0.3 is 9.47 Å². The molecule has 0 atom stereocenters. The maximum Gasteiger partial charge on any atom is 0.232 e. The van der Waals surface area contributed by atoms with Gasteiger partial charge in [-0.05, 0) is 60.7 Å². The van der Waals surface area contributed by atoms with Gasteiger partial charge >= 0.3 is 0 Å². The third-order valence-electron chi connectivity index (χ3n) is 5.04. The number of fused-ring (bicyclic) bond motifs is 1. The highest BCUT2D eigenvalue weighted by Gasteiger charge is 2.28. The van der Waals surface area contributed by atoms with Gasteiger partial charge in [-0.25, -0.2) is 4.68 Å². The Kier molecular flexibility index (Phi) is 4.81. The van der Waals surface area contributed by atoms with Crippen molar-refractivity contribution in [1.29, 1.82) is 0 Å². The Balaban J connectivity index is 1.61. The maximum atomic E-state index is 12.9. The van der Waals surface area contributed by atoms with Crippen molar-refractivity contribution in [2.24, 2.45) is 0 Å². The second-order valence-electron chi connectivity index (χ2n) is 7.02. The molecule has 5 rings (SSSR count). The first-order valence-corrected chi connectivity index (χ1v) is 10.0. The van der Waals surface area contributed by atoms with Gasteiger partial charge in [-0.15, -0.1) is 0 Å². The van der Waals surface area contributed by atoms with Crippen molar-refractivity contribution in [3.63, 3.8) is 0 Å². The van der Waals surface area contributed by atoms with Gasteiger partial charge in [0.25, 0.3) is 0 Å². The molecular formula is C25H17ClN2O3. The number of halogens is 1. The molecule has 1 aromatic heterocycles. The van der Waals surface area contributed by atoms with E-state index in [1.165, 1.54) is 0 Å². The highest BCUT2D eigenvalue weighted by molar-refractivity contribution is 6.31. The minimum atomic E-state index is -0.203. The third-order valence-corrected chi connectivity index (χ3v) is 5.28. The molecule has 0 saturated carbocycles. The number of ketones is 1. The summed E-state index contributed by atoms with van der Waals surface area (Å²) in [6, 6.07) is 22.4. The Morgan fingerprint density at radius 2 is 1.81 bits per heavy atom. The molecule has 0 saturated heterocycles. The Morgan fingerprint density at radius 1 is 1.03 bits per heavy atom. The molecule has 0 fully saturated rings. The summed E-state index contributed by atoms with van der Waals surface area (Å²) in [7, 11) is 1.63. The van der Waals surface area contributed by atoms with Gasteiger partial charge in [0.15, 0.2) is 5.76 Å². The SMILES string of the molecule is COc1ccc(-c2nn(-c3ccccc3)cc2/C=C2\Oc3ccc(Cl)cc3C2=O)cc1. The van der Waals surface area contributed by atoms with Gasteiger partial charge in [0.05, 0.1) is 18.4 Å². The monoisotopic (exact) mass is 428 g/mol. The number of benzene rings is 3. The smallest absolute Gasteiger partial charge is 0.232 e. The van der Waals surface area contributed by atoms with Crippen molar-refractivity contribution in [1.82, 2.24) is 9.78 Å². The molecule has 31 heavy (non-hydrogen) atoms. The zero-order valence-corrected chi connectivity index (χ0v) is 17.3. The van der Waals surface area contributed by atoms with Crippen LogP contribution >= 0.6 is 11.6 Å². The van der Waals surface area contributed by atoms with Gasteiger partial charge in [-0.3, -0.25) is 4.79 Å². The molecule has 5 nitrogen and oxygen atoms in total. The van der Waals surface area contributed by atoms with E-state index in [0.717, 1.165) is 28.3 Å². The number of carbonyl (C=O) groups excluding carboxylic acids is 1. The fourth-order valence-corrected chi connectivity index (χ4v) is 3.65. The fourth-order valence-electron chi connectivity index (χ4n) is 3.48. The van der Waals surface area contributed by atoms with E-state index in [2.05, 4.69) is 0 Å². The molecule has 3 aromatic carbocycles. The summed E-state index contributed by atoms with van der Waals surface area (Å²) in [6.45, 7) is 0. The lowest BCUT2D eigenvalue weighted by atomic mass is 10.1. The molecule has 0 radical (unpaired) electrons. The number of nitrogens with zero attached hydrogens (tertiary/aromatic N) is 2. The zero-order chi connectivity index (χ0) is 21.4. The minimum absolute atomic E-state index is 0.203. The first-order chi connectivity index (χ1) is 15.1.